The molecule has 1 fully saturated rings. The number of amides is 1. The SMILES string of the molecule is COc1ccccc1N1CCN(CC(=O)N2CCc3[nH]c4ccc(C)cc4c3C2)CC1. The molecule has 1 saturated heterocycles. The van der Waals surface area contributed by atoms with Crippen LogP contribution in [0.5, 0.6) is 5.75 Å². The number of anilines is 1. The zero-order valence-corrected chi connectivity index (χ0v) is 18.4. The fourth-order valence-electron chi connectivity index (χ4n) is 4.87. The Bertz CT molecular complexity index is 1100. The van der Waals surface area contributed by atoms with Crippen molar-refractivity contribution in [2.75, 3.05) is 51.3 Å². The summed E-state index contributed by atoms with van der Waals surface area (Å²) in [4.78, 5) is 23.3. The molecule has 1 aromatic heterocycles. The molecule has 162 valence electrons. The summed E-state index contributed by atoms with van der Waals surface area (Å²) in [6.07, 6.45) is 0.899. The third-order valence-electron chi connectivity index (χ3n) is 6.64. The molecule has 31 heavy (non-hydrogen) atoms. The summed E-state index contributed by atoms with van der Waals surface area (Å²) in [5, 5.41) is 1.26. The zero-order chi connectivity index (χ0) is 21.4. The van der Waals surface area contributed by atoms with Gasteiger partial charge in [-0.05, 0) is 31.2 Å². The van der Waals surface area contributed by atoms with E-state index in [1.54, 1.807) is 7.11 Å². The summed E-state index contributed by atoms with van der Waals surface area (Å²) in [6, 6.07) is 14.7. The maximum absolute atomic E-state index is 13.1. The Kier molecular flexibility index (Phi) is 5.32. The van der Waals surface area contributed by atoms with Gasteiger partial charge in [0, 0.05) is 67.8 Å². The number of aromatic amines is 1. The van der Waals surface area contributed by atoms with E-state index in [-0.39, 0.29) is 5.91 Å². The van der Waals surface area contributed by atoms with Crippen molar-refractivity contribution < 1.29 is 9.53 Å². The predicted octanol–water partition coefficient (Wildman–Crippen LogP) is 3.19. The number of aryl methyl sites for hydroxylation is 1. The number of carbonyl (C=O) groups excluding carboxylic acids is 1. The summed E-state index contributed by atoms with van der Waals surface area (Å²) >= 11 is 0. The summed E-state index contributed by atoms with van der Waals surface area (Å²) in [7, 11) is 1.72. The molecule has 6 nitrogen and oxygen atoms in total. The Balaban J connectivity index is 1.21. The number of methoxy groups -OCH3 is 1. The lowest BCUT2D eigenvalue weighted by Gasteiger charge is -2.37. The monoisotopic (exact) mass is 418 g/mol. The molecule has 0 bridgehead atoms. The van der Waals surface area contributed by atoms with Crippen molar-refractivity contribution in [3.8, 4) is 5.75 Å². The first-order valence-corrected chi connectivity index (χ1v) is 11.1. The molecule has 1 N–H and O–H groups in total. The number of fused-ring (bicyclic) bond motifs is 3. The predicted molar refractivity (Wildman–Crippen MR) is 124 cm³/mol. The molecular weight excluding hydrogens is 388 g/mol. The van der Waals surface area contributed by atoms with Gasteiger partial charge in [0.15, 0.2) is 0 Å². The molecule has 0 spiro atoms. The Morgan fingerprint density at radius 1 is 1.06 bits per heavy atom. The lowest BCUT2D eigenvalue weighted by molar-refractivity contribution is -0.133. The number of H-pyrrole nitrogens is 1. The molecule has 0 aliphatic carbocycles. The van der Waals surface area contributed by atoms with E-state index >= 15 is 0 Å². The van der Waals surface area contributed by atoms with Crippen molar-refractivity contribution in [3.63, 3.8) is 0 Å². The minimum atomic E-state index is 0.235. The van der Waals surface area contributed by atoms with Crippen molar-refractivity contribution in [3.05, 3.63) is 59.3 Å². The number of para-hydroxylation sites is 2. The number of hydrogen-bond acceptors (Lipinski definition) is 4. The highest BCUT2D eigenvalue weighted by Crippen LogP contribution is 2.30. The van der Waals surface area contributed by atoms with Crippen LogP contribution < -0.4 is 9.64 Å². The van der Waals surface area contributed by atoms with Gasteiger partial charge in [0.25, 0.3) is 0 Å². The molecule has 0 saturated carbocycles. The lowest BCUT2D eigenvalue weighted by atomic mass is 10.0. The second-order valence-electron chi connectivity index (χ2n) is 8.63. The smallest absolute Gasteiger partial charge is 0.237 e. The van der Waals surface area contributed by atoms with E-state index in [0.717, 1.165) is 50.6 Å². The van der Waals surface area contributed by atoms with Gasteiger partial charge < -0.3 is 19.5 Å². The van der Waals surface area contributed by atoms with E-state index in [0.29, 0.717) is 13.1 Å². The second-order valence-corrected chi connectivity index (χ2v) is 8.63. The largest absolute Gasteiger partial charge is 0.495 e. The van der Waals surface area contributed by atoms with Gasteiger partial charge in [0.2, 0.25) is 5.91 Å². The molecule has 0 radical (unpaired) electrons. The number of hydrogen-bond donors (Lipinski definition) is 1. The van der Waals surface area contributed by atoms with Gasteiger partial charge in [-0.25, -0.2) is 0 Å². The van der Waals surface area contributed by atoms with Crippen molar-refractivity contribution in [2.45, 2.75) is 19.9 Å². The molecule has 3 aromatic rings. The van der Waals surface area contributed by atoms with E-state index in [1.165, 1.54) is 27.7 Å². The zero-order valence-electron chi connectivity index (χ0n) is 18.4. The minimum absolute atomic E-state index is 0.235. The average Bonchev–Trinajstić information content (AvgIpc) is 3.16. The lowest BCUT2D eigenvalue weighted by Crippen LogP contribution is -2.50. The van der Waals surface area contributed by atoms with Crippen molar-refractivity contribution in [1.29, 1.82) is 0 Å². The number of carbonyl (C=O) groups is 1. The molecule has 1 amide bonds. The van der Waals surface area contributed by atoms with Crippen LogP contribution in [0.4, 0.5) is 5.69 Å². The molecule has 6 heteroatoms. The molecule has 0 atom stereocenters. The summed E-state index contributed by atoms with van der Waals surface area (Å²) in [5.41, 5.74) is 6.14. The maximum Gasteiger partial charge on any atom is 0.237 e. The first-order valence-electron chi connectivity index (χ1n) is 11.1. The van der Waals surface area contributed by atoms with Crippen molar-refractivity contribution in [1.82, 2.24) is 14.8 Å². The van der Waals surface area contributed by atoms with Crippen LogP contribution in [0.2, 0.25) is 0 Å². The Hall–Kier alpha value is -2.99. The minimum Gasteiger partial charge on any atom is -0.495 e. The van der Waals surface area contributed by atoms with Gasteiger partial charge >= 0.3 is 0 Å². The molecule has 3 heterocycles. The van der Waals surface area contributed by atoms with Gasteiger partial charge in [-0.2, -0.15) is 0 Å². The number of benzene rings is 2. The van der Waals surface area contributed by atoms with Crippen LogP contribution in [0.1, 0.15) is 16.8 Å². The maximum atomic E-state index is 13.1. The molecular formula is C25H30N4O2. The molecule has 2 aliphatic rings. The van der Waals surface area contributed by atoms with E-state index in [2.05, 4.69) is 46.0 Å². The second kappa shape index (κ2) is 8.27. The summed E-state index contributed by atoms with van der Waals surface area (Å²) < 4.78 is 5.51. The fourth-order valence-corrected chi connectivity index (χ4v) is 4.87. The molecule has 0 unspecified atom stereocenters. The van der Waals surface area contributed by atoms with Crippen LogP contribution in [0, 0.1) is 6.92 Å². The third kappa shape index (κ3) is 3.88. The van der Waals surface area contributed by atoms with E-state index < -0.39 is 0 Å². The first kappa shape index (κ1) is 19.9. The van der Waals surface area contributed by atoms with E-state index in [4.69, 9.17) is 4.74 Å². The Morgan fingerprint density at radius 3 is 2.68 bits per heavy atom. The van der Waals surface area contributed by atoms with Gasteiger partial charge in [-0.3, -0.25) is 9.69 Å². The van der Waals surface area contributed by atoms with Crippen molar-refractivity contribution in [2.24, 2.45) is 0 Å². The van der Waals surface area contributed by atoms with Crippen molar-refractivity contribution >= 4 is 22.5 Å². The van der Waals surface area contributed by atoms with Crippen LogP contribution >= 0.6 is 0 Å². The summed E-state index contributed by atoms with van der Waals surface area (Å²) in [5.74, 6) is 1.14. The van der Waals surface area contributed by atoms with Gasteiger partial charge in [-0.15, -0.1) is 0 Å². The number of rotatable bonds is 4. The topological polar surface area (TPSA) is 51.8 Å². The normalized spacial score (nSPS) is 17.1. The standard InChI is InChI=1S/C25H30N4O2/c1-18-7-8-21-19(15-18)20-16-29(10-9-22(20)26-21)25(30)17-27-11-13-28(14-12-27)23-5-3-4-6-24(23)31-2/h3-8,15,26H,9-14,16-17H2,1-2H3. The summed E-state index contributed by atoms with van der Waals surface area (Å²) in [6.45, 7) is 7.69. The number of piperazine rings is 1. The highest BCUT2D eigenvalue weighted by atomic mass is 16.5. The van der Waals surface area contributed by atoms with E-state index in [9.17, 15) is 4.79 Å². The number of nitrogens with one attached hydrogen (secondary N) is 1. The van der Waals surface area contributed by atoms with Gasteiger partial charge in [0.1, 0.15) is 5.75 Å². The highest BCUT2D eigenvalue weighted by Gasteiger charge is 2.27. The van der Waals surface area contributed by atoms with Crippen LogP contribution in [0.3, 0.4) is 0 Å². The molecule has 2 aliphatic heterocycles. The number of nitrogens with zero attached hydrogens (tertiary/aromatic N) is 3. The van der Waals surface area contributed by atoms with Crippen LogP contribution in [0.15, 0.2) is 42.5 Å². The van der Waals surface area contributed by atoms with Gasteiger partial charge in [-0.1, -0.05) is 23.8 Å². The van der Waals surface area contributed by atoms with Gasteiger partial charge in [0.05, 0.1) is 19.3 Å². The van der Waals surface area contributed by atoms with Crippen LogP contribution in [0.25, 0.3) is 10.9 Å². The number of aromatic nitrogens is 1. The third-order valence-corrected chi connectivity index (χ3v) is 6.64. The Morgan fingerprint density at radius 2 is 1.87 bits per heavy atom. The Labute approximate surface area is 183 Å². The highest BCUT2D eigenvalue weighted by molar-refractivity contribution is 5.87. The quantitative estimate of drug-likeness (QED) is 0.707. The van der Waals surface area contributed by atoms with Crippen LogP contribution in [-0.2, 0) is 17.8 Å². The fraction of sp³-hybridized carbons (Fsp3) is 0.400. The number of ether oxygens (including phenoxy) is 1. The molecule has 2 aromatic carbocycles. The van der Waals surface area contributed by atoms with Crippen LogP contribution in [-0.4, -0.2) is 67.1 Å². The van der Waals surface area contributed by atoms with E-state index in [1.807, 2.05) is 23.1 Å². The average molecular weight is 419 g/mol. The molecule has 5 rings (SSSR count). The first-order chi connectivity index (χ1) is 15.1.